The number of hydrogen-bond donors (Lipinski definition) is 2. The fourth-order valence-electron chi connectivity index (χ4n) is 3.66. The lowest BCUT2D eigenvalue weighted by Crippen LogP contribution is -2.57. The average molecular weight is 374 g/mol. The lowest BCUT2D eigenvalue weighted by molar-refractivity contribution is -0.140. The zero-order chi connectivity index (χ0) is 19.6. The molecule has 0 atom stereocenters. The summed E-state index contributed by atoms with van der Waals surface area (Å²) in [6.45, 7) is 4.81. The van der Waals surface area contributed by atoms with Gasteiger partial charge in [0.2, 0.25) is 5.91 Å². The van der Waals surface area contributed by atoms with Crippen molar-refractivity contribution < 1.29 is 19.4 Å². The predicted molar refractivity (Wildman–Crippen MR) is 103 cm³/mol. The van der Waals surface area contributed by atoms with Crippen LogP contribution >= 0.6 is 0 Å². The van der Waals surface area contributed by atoms with Gasteiger partial charge in [-0.3, -0.25) is 14.5 Å². The van der Waals surface area contributed by atoms with Gasteiger partial charge in [-0.05, 0) is 63.1 Å². The highest BCUT2D eigenvalue weighted by Crippen LogP contribution is 2.34. The molecule has 0 spiro atoms. The molecule has 0 heterocycles. The summed E-state index contributed by atoms with van der Waals surface area (Å²) in [7, 11) is 1.62. The fourth-order valence-corrected chi connectivity index (χ4v) is 3.66. The molecule has 27 heavy (non-hydrogen) atoms. The number of carbonyl (C=O) groups is 2. The molecule has 1 amide bonds. The van der Waals surface area contributed by atoms with E-state index in [4.69, 9.17) is 9.84 Å². The van der Waals surface area contributed by atoms with Crippen LogP contribution in [0.15, 0.2) is 24.3 Å². The standard InChI is InChI=1S/C21H30N2O4/c1-21(2,15-6-8-18(27-3)9-7-15)20(26)22-16-10-17(11-16)23(13-19(24)25)12-14-4-5-14/h6-9,14,16-17H,4-5,10-13H2,1-3H3,(H,22,26)(H,24,25). The topological polar surface area (TPSA) is 78.9 Å². The monoisotopic (exact) mass is 374 g/mol. The molecule has 0 saturated heterocycles. The zero-order valence-corrected chi connectivity index (χ0v) is 16.4. The van der Waals surface area contributed by atoms with E-state index in [2.05, 4.69) is 10.2 Å². The van der Waals surface area contributed by atoms with Crippen LogP contribution in [0.5, 0.6) is 5.75 Å². The van der Waals surface area contributed by atoms with Crippen molar-refractivity contribution in [1.82, 2.24) is 10.2 Å². The number of methoxy groups -OCH3 is 1. The van der Waals surface area contributed by atoms with Crippen LogP contribution in [0.4, 0.5) is 0 Å². The molecule has 0 bridgehead atoms. The summed E-state index contributed by atoms with van der Waals surface area (Å²) >= 11 is 0. The Morgan fingerprint density at radius 3 is 2.37 bits per heavy atom. The number of carbonyl (C=O) groups excluding carboxylic acids is 1. The van der Waals surface area contributed by atoms with E-state index in [1.165, 1.54) is 12.8 Å². The first kappa shape index (κ1) is 19.7. The van der Waals surface area contributed by atoms with E-state index in [-0.39, 0.29) is 24.5 Å². The molecular formula is C21H30N2O4. The predicted octanol–water partition coefficient (Wildman–Crippen LogP) is 2.42. The Bertz CT molecular complexity index is 676. The van der Waals surface area contributed by atoms with Gasteiger partial charge in [0, 0.05) is 18.6 Å². The molecule has 2 aliphatic carbocycles. The first-order valence-electron chi connectivity index (χ1n) is 9.71. The smallest absolute Gasteiger partial charge is 0.317 e. The minimum atomic E-state index is -0.774. The Morgan fingerprint density at radius 2 is 1.85 bits per heavy atom. The quantitative estimate of drug-likeness (QED) is 0.694. The highest BCUT2D eigenvalue weighted by Gasteiger charge is 2.40. The van der Waals surface area contributed by atoms with Gasteiger partial charge in [-0.25, -0.2) is 0 Å². The fraction of sp³-hybridized carbons (Fsp3) is 0.619. The Hall–Kier alpha value is -2.08. The van der Waals surface area contributed by atoms with Crippen molar-refractivity contribution in [1.29, 1.82) is 0 Å². The van der Waals surface area contributed by atoms with E-state index in [1.54, 1.807) is 7.11 Å². The van der Waals surface area contributed by atoms with E-state index in [0.717, 1.165) is 30.7 Å². The number of ether oxygens (including phenoxy) is 1. The molecule has 0 aromatic heterocycles. The molecule has 0 unspecified atom stereocenters. The summed E-state index contributed by atoms with van der Waals surface area (Å²) in [5.41, 5.74) is 0.310. The Morgan fingerprint density at radius 1 is 1.22 bits per heavy atom. The second-order valence-corrected chi connectivity index (χ2v) is 8.42. The number of rotatable bonds is 9. The van der Waals surface area contributed by atoms with E-state index in [0.29, 0.717) is 5.92 Å². The molecule has 0 radical (unpaired) electrons. The van der Waals surface area contributed by atoms with Crippen molar-refractivity contribution in [3.63, 3.8) is 0 Å². The largest absolute Gasteiger partial charge is 0.497 e. The van der Waals surface area contributed by atoms with Gasteiger partial charge in [-0.15, -0.1) is 0 Å². The summed E-state index contributed by atoms with van der Waals surface area (Å²) < 4.78 is 5.18. The number of amides is 1. The van der Waals surface area contributed by atoms with Gasteiger partial charge >= 0.3 is 5.97 Å². The molecule has 6 nitrogen and oxygen atoms in total. The van der Waals surface area contributed by atoms with Crippen molar-refractivity contribution >= 4 is 11.9 Å². The second kappa shape index (κ2) is 7.89. The maximum atomic E-state index is 12.8. The first-order chi connectivity index (χ1) is 12.8. The van der Waals surface area contributed by atoms with Crippen LogP contribution in [0.25, 0.3) is 0 Å². The highest BCUT2D eigenvalue weighted by atomic mass is 16.5. The van der Waals surface area contributed by atoms with Gasteiger partial charge in [-0.1, -0.05) is 12.1 Å². The van der Waals surface area contributed by atoms with Gasteiger partial charge in [0.25, 0.3) is 0 Å². The number of carboxylic acids is 1. The minimum Gasteiger partial charge on any atom is -0.497 e. The molecular weight excluding hydrogens is 344 g/mol. The number of benzene rings is 1. The molecule has 2 aliphatic rings. The van der Waals surface area contributed by atoms with Gasteiger partial charge in [-0.2, -0.15) is 0 Å². The SMILES string of the molecule is COc1ccc(C(C)(C)C(=O)NC2CC(N(CC(=O)O)CC3CC3)C2)cc1. The minimum absolute atomic E-state index is 0.00287. The van der Waals surface area contributed by atoms with E-state index in [1.807, 2.05) is 38.1 Å². The third-order valence-corrected chi connectivity index (χ3v) is 5.87. The normalized spacial score (nSPS) is 22.2. The third kappa shape index (κ3) is 4.80. The van der Waals surface area contributed by atoms with E-state index >= 15 is 0 Å². The Balaban J connectivity index is 1.53. The number of carboxylic acid groups (broad SMARTS) is 1. The van der Waals surface area contributed by atoms with Crippen molar-refractivity contribution in [3.05, 3.63) is 29.8 Å². The summed E-state index contributed by atoms with van der Waals surface area (Å²) in [6.07, 6.45) is 4.06. The third-order valence-electron chi connectivity index (χ3n) is 5.87. The van der Waals surface area contributed by atoms with Crippen molar-refractivity contribution in [3.8, 4) is 5.75 Å². The summed E-state index contributed by atoms with van der Waals surface area (Å²) in [5.74, 6) is 0.657. The van der Waals surface area contributed by atoms with Crippen LogP contribution in [0, 0.1) is 5.92 Å². The average Bonchev–Trinajstić information content (AvgIpc) is 3.40. The molecule has 148 valence electrons. The van der Waals surface area contributed by atoms with Gasteiger partial charge in [0.05, 0.1) is 19.1 Å². The molecule has 2 saturated carbocycles. The molecule has 2 fully saturated rings. The molecule has 3 rings (SSSR count). The maximum absolute atomic E-state index is 12.8. The van der Waals surface area contributed by atoms with Gasteiger partial charge < -0.3 is 15.2 Å². The summed E-state index contributed by atoms with van der Waals surface area (Å²) in [4.78, 5) is 26.0. The van der Waals surface area contributed by atoms with E-state index in [9.17, 15) is 9.59 Å². The van der Waals surface area contributed by atoms with Crippen LogP contribution in [0.2, 0.25) is 0 Å². The summed E-state index contributed by atoms with van der Waals surface area (Å²) in [6, 6.07) is 7.96. The zero-order valence-electron chi connectivity index (χ0n) is 16.4. The first-order valence-corrected chi connectivity index (χ1v) is 9.71. The van der Waals surface area contributed by atoms with Crippen LogP contribution in [0.1, 0.15) is 45.1 Å². The summed E-state index contributed by atoms with van der Waals surface area (Å²) in [5, 5.41) is 12.3. The Labute approximate surface area is 160 Å². The maximum Gasteiger partial charge on any atom is 0.317 e. The lowest BCUT2D eigenvalue weighted by Gasteiger charge is -2.43. The van der Waals surface area contributed by atoms with Gasteiger partial charge in [0.15, 0.2) is 0 Å². The van der Waals surface area contributed by atoms with Crippen molar-refractivity contribution in [2.75, 3.05) is 20.2 Å². The lowest BCUT2D eigenvalue weighted by atomic mass is 9.80. The number of nitrogens with zero attached hydrogens (tertiary/aromatic N) is 1. The van der Waals surface area contributed by atoms with Crippen LogP contribution in [-0.4, -0.2) is 54.2 Å². The number of aliphatic carboxylic acids is 1. The van der Waals surface area contributed by atoms with Crippen molar-refractivity contribution in [2.45, 2.75) is 57.0 Å². The number of nitrogens with one attached hydrogen (secondary N) is 1. The van der Waals surface area contributed by atoms with E-state index < -0.39 is 11.4 Å². The molecule has 6 heteroatoms. The molecule has 2 N–H and O–H groups in total. The van der Waals surface area contributed by atoms with Crippen LogP contribution in [0.3, 0.4) is 0 Å². The second-order valence-electron chi connectivity index (χ2n) is 8.42. The van der Waals surface area contributed by atoms with Crippen LogP contribution in [-0.2, 0) is 15.0 Å². The molecule has 1 aromatic carbocycles. The highest BCUT2D eigenvalue weighted by molar-refractivity contribution is 5.87. The molecule has 0 aliphatic heterocycles. The number of hydrogen-bond acceptors (Lipinski definition) is 4. The van der Waals surface area contributed by atoms with Gasteiger partial charge in [0.1, 0.15) is 5.75 Å². The Kier molecular flexibility index (Phi) is 5.75. The van der Waals surface area contributed by atoms with Crippen LogP contribution < -0.4 is 10.1 Å². The molecule has 1 aromatic rings. The van der Waals surface area contributed by atoms with Crippen molar-refractivity contribution in [2.24, 2.45) is 5.92 Å².